The van der Waals surface area contributed by atoms with Crippen molar-refractivity contribution in [3.63, 3.8) is 0 Å². The van der Waals surface area contributed by atoms with E-state index in [0.717, 1.165) is 16.8 Å². The standard InChI is InChI=1S/C17H20ClN5OS/c1-4-23-14(7-8-19-23)16(24)22(10-9-21(2)3)17-20-13-6-5-12(18)11-15(13)25-17/h5-8,11H,4,9-10H2,1-3H3. The number of thiazole rings is 1. The van der Waals surface area contributed by atoms with E-state index in [1.165, 1.54) is 11.3 Å². The number of hydrogen-bond acceptors (Lipinski definition) is 5. The Bertz CT molecular complexity index is 888. The normalized spacial score (nSPS) is 11.4. The number of benzene rings is 1. The molecule has 0 atom stereocenters. The van der Waals surface area contributed by atoms with Gasteiger partial charge in [-0.15, -0.1) is 0 Å². The van der Waals surface area contributed by atoms with Gasteiger partial charge in [-0.1, -0.05) is 22.9 Å². The monoisotopic (exact) mass is 377 g/mol. The second kappa shape index (κ2) is 7.51. The van der Waals surface area contributed by atoms with Gasteiger partial charge in [0.15, 0.2) is 5.13 Å². The molecular weight excluding hydrogens is 358 g/mol. The van der Waals surface area contributed by atoms with Crippen LogP contribution in [0.15, 0.2) is 30.5 Å². The van der Waals surface area contributed by atoms with Crippen molar-refractivity contribution in [2.24, 2.45) is 0 Å². The van der Waals surface area contributed by atoms with E-state index in [4.69, 9.17) is 11.6 Å². The van der Waals surface area contributed by atoms with Crippen LogP contribution in [0.4, 0.5) is 5.13 Å². The second-order valence-electron chi connectivity index (χ2n) is 5.90. The van der Waals surface area contributed by atoms with E-state index in [0.29, 0.717) is 28.9 Å². The molecule has 3 aromatic rings. The molecule has 2 aromatic heterocycles. The average molecular weight is 378 g/mol. The Hall–Kier alpha value is -1.96. The van der Waals surface area contributed by atoms with Gasteiger partial charge >= 0.3 is 0 Å². The Morgan fingerprint density at radius 1 is 1.28 bits per heavy atom. The van der Waals surface area contributed by atoms with Crippen molar-refractivity contribution in [1.82, 2.24) is 19.7 Å². The quantitative estimate of drug-likeness (QED) is 0.660. The highest BCUT2D eigenvalue weighted by molar-refractivity contribution is 7.22. The van der Waals surface area contributed by atoms with Crippen molar-refractivity contribution >= 4 is 44.2 Å². The predicted octanol–water partition coefficient (Wildman–Crippen LogP) is 3.37. The molecule has 0 saturated carbocycles. The molecule has 0 bridgehead atoms. The largest absolute Gasteiger partial charge is 0.308 e. The highest BCUT2D eigenvalue weighted by Crippen LogP contribution is 2.31. The lowest BCUT2D eigenvalue weighted by Gasteiger charge is -2.22. The molecule has 0 aliphatic heterocycles. The fourth-order valence-corrected chi connectivity index (χ4v) is 3.76. The summed E-state index contributed by atoms with van der Waals surface area (Å²) in [4.78, 5) is 21.5. The molecule has 0 radical (unpaired) electrons. The van der Waals surface area contributed by atoms with Crippen molar-refractivity contribution in [2.45, 2.75) is 13.5 Å². The summed E-state index contributed by atoms with van der Waals surface area (Å²) in [5.41, 5.74) is 1.41. The van der Waals surface area contributed by atoms with Crippen LogP contribution in [-0.2, 0) is 6.54 Å². The van der Waals surface area contributed by atoms with Gasteiger partial charge in [0.05, 0.1) is 10.2 Å². The number of aryl methyl sites for hydroxylation is 1. The first-order valence-electron chi connectivity index (χ1n) is 8.04. The van der Waals surface area contributed by atoms with Gasteiger partial charge in [0.1, 0.15) is 5.69 Å². The minimum atomic E-state index is -0.0913. The number of rotatable bonds is 6. The predicted molar refractivity (Wildman–Crippen MR) is 103 cm³/mol. The highest BCUT2D eigenvalue weighted by atomic mass is 35.5. The maximum Gasteiger partial charge on any atom is 0.278 e. The lowest BCUT2D eigenvalue weighted by molar-refractivity contribution is 0.0975. The zero-order chi connectivity index (χ0) is 18.0. The van der Waals surface area contributed by atoms with Crippen molar-refractivity contribution in [2.75, 3.05) is 32.1 Å². The SMILES string of the molecule is CCn1nccc1C(=O)N(CCN(C)C)c1nc2ccc(Cl)cc2s1. The van der Waals surface area contributed by atoms with Gasteiger partial charge in [-0.05, 0) is 45.3 Å². The van der Waals surface area contributed by atoms with Crippen molar-refractivity contribution in [3.05, 3.63) is 41.2 Å². The van der Waals surface area contributed by atoms with Crippen LogP contribution in [0.5, 0.6) is 0 Å². The van der Waals surface area contributed by atoms with Gasteiger partial charge in [-0.25, -0.2) is 4.98 Å². The first-order chi connectivity index (χ1) is 12.0. The molecule has 132 valence electrons. The van der Waals surface area contributed by atoms with E-state index in [1.807, 2.05) is 44.1 Å². The second-order valence-corrected chi connectivity index (χ2v) is 7.35. The molecule has 3 rings (SSSR count). The van der Waals surface area contributed by atoms with Crippen molar-refractivity contribution < 1.29 is 4.79 Å². The Balaban J connectivity index is 1.99. The molecule has 1 aromatic carbocycles. The van der Waals surface area contributed by atoms with Gasteiger partial charge in [0.25, 0.3) is 5.91 Å². The van der Waals surface area contributed by atoms with Gasteiger partial charge in [0, 0.05) is 30.9 Å². The number of carbonyl (C=O) groups excluding carboxylic acids is 1. The Kier molecular flexibility index (Phi) is 5.36. The average Bonchev–Trinajstić information content (AvgIpc) is 3.20. The number of anilines is 1. The molecule has 0 N–H and O–H groups in total. The van der Waals surface area contributed by atoms with Gasteiger partial charge in [0.2, 0.25) is 0 Å². The first kappa shape index (κ1) is 17.8. The third-order valence-electron chi connectivity index (χ3n) is 3.82. The Labute approximate surface area is 155 Å². The van der Waals surface area contributed by atoms with E-state index >= 15 is 0 Å². The Morgan fingerprint density at radius 3 is 2.80 bits per heavy atom. The number of likely N-dealkylation sites (N-methyl/N-ethyl adjacent to an activating group) is 1. The van der Waals surface area contributed by atoms with Crippen LogP contribution in [0.2, 0.25) is 5.02 Å². The van der Waals surface area contributed by atoms with Crippen LogP contribution in [0, 0.1) is 0 Å². The number of aromatic nitrogens is 3. The fourth-order valence-electron chi connectivity index (χ4n) is 2.49. The minimum Gasteiger partial charge on any atom is -0.308 e. The number of nitrogens with zero attached hydrogens (tertiary/aromatic N) is 5. The molecule has 1 amide bonds. The van der Waals surface area contributed by atoms with Gasteiger partial charge < -0.3 is 4.90 Å². The molecule has 2 heterocycles. The summed E-state index contributed by atoms with van der Waals surface area (Å²) in [7, 11) is 3.97. The first-order valence-corrected chi connectivity index (χ1v) is 9.23. The number of halogens is 1. The summed E-state index contributed by atoms with van der Waals surface area (Å²) >= 11 is 7.55. The molecule has 0 fully saturated rings. The molecule has 0 aliphatic carbocycles. The number of hydrogen-bond donors (Lipinski definition) is 0. The summed E-state index contributed by atoms with van der Waals surface area (Å²) in [6, 6.07) is 7.32. The third kappa shape index (κ3) is 3.84. The summed E-state index contributed by atoms with van der Waals surface area (Å²) in [5.74, 6) is -0.0913. The molecule has 8 heteroatoms. The summed E-state index contributed by atoms with van der Waals surface area (Å²) in [6.45, 7) is 3.90. The van der Waals surface area contributed by atoms with E-state index < -0.39 is 0 Å². The molecule has 25 heavy (non-hydrogen) atoms. The molecule has 0 saturated heterocycles. The fraction of sp³-hybridized carbons (Fsp3) is 0.353. The minimum absolute atomic E-state index is 0.0913. The van der Waals surface area contributed by atoms with Crippen LogP contribution in [0.25, 0.3) is 10.2 Å². The number of fused-ring (bicyclic) bond motifs is 1. The number of amides is 1. The molecule has 6 nitrogen and oxygen atoms in total. The summed E-state index contributed by atoms with van der Waals surface area (Å²) < 4.78 is 2.67. The Morgan fingerprint density at radius 2 is 2.08 bits per heavy atom. The van der Waals surface area contributed by atoms with Crippen LogP contribution in [-0.4, -0.2) is 52.8 Å². The number of carbonyl (C=O) groups is 1. The van der Waals surface area contributed by atoms with E-state index in [1.54, 1.807) is 21.8 Å². The molecule has 0 aliphatic rings. The molecular formula is C17H20ClN5OS. The zero-order valence-electron chi connectivity index (χ0n) is 14.4. The van der Waals surface area contributed by atoms with Gasteiger partial charge in [-0.2, -0.15) is 5.10 Å². The third-order valence-corrected chi connectivity index (χ3v) is 5.10. The maximum atomic E-state index is 13.1. The van der Waals surface area contributed by atoms with Crippen LogP contribution in [0.1, 0.15) is 17.4 Å². The highest BCUT2D eigenvalue weighted by Gasteiger charge is 2.24. The van der Waals surface area contributed by atoms with Crippen molar-refractivity contribution in [3.8, 4) is 0 Å². The van der Waals surface area contributed by atoms with E-state index in [9.17, 15) is 4.79 Å². The van der Waals surface area contributed by atoms with E-state index in [2.05, 4.69) is 10.1 Å². The van der Waals surface area contributed by atoms with Crippen LogP contribution >= 0.6 is 22.9 Å². The summed E-state index contributed by atoms with van der Waals surface area (Å²) in [6.07, 6.45) is 1.65. The lowest BCUT2D eigenvalue weighted by atomic mass is 10.3. The van der Waals surface area contributed by atoms with E-state index in [-0.39, 0.29) is 5.91 Å². The zero-order valence-corrected chi connectivity index (χ0v) is 16.0. The lowest BCUT2D eigenvalue weighted by Crippen LogP contribution is -2.37. The topological polar surface area (TPSA) is 54.3 Å². The maximum absolute atomic E-state index is 13.1. The molecule has 0 spiro atoms. The van der Waals surface area contributed by atoms with Crippen LogP contribution in [0.3, 0.4) is 0 Å². The summed E-state index contributed by atoms with van der Waals surface area (Å²) in [5, 5.41) is 5.54. The molecule has 0 unspecified atom stereocenters. The van der Waals surface area contributed by atoms with Gasteiger partial charge in [-0.3, -0.25) is 14.4 Å². The van der Waals surface area contributed by atoms with Crippen LogP contribution < -0.4 is 4.90 Å². The smallest absolute Gasteiger partial charge is 0.278 e. The van der Waals surface area contributed by atoms with Crippen molar-refractivity contribution in [1.29, 1.82) is 0 Å².